The first-order chi connectivity index (χ1) is 19.9. The first-order valence-corrected chi connectivity index (χ1v) is 15.2. The van der Waals surface area contributed by atoms with E-state index in [0.29, 0.717) is 42.3 Å². The van der Waals surface area contributed by atoms with Crippen molar-refractivity contribution >= 4 is 19.5 Å². The Morgan fingerprint density at radius 1 is 1.05 bits per heavy atom. The monoisotopic (exact) mass is 586 g/mol. The van der Waals surface area contributed by atoms with Gasteiger partial charge in [0, 0.05) is 25.8 Å². The Bertz CT molecular complexity index is 1330. The SMILES string of the molecule is CCOP(=O)(COc1cc(CC(=O)Cc2cccc(CNC(=O)O[C@H]3CCOC3)c2)ccc1-c1cnco1)OCC. The van der Waals surface area contributed by atoms with Gasteiger partial charge in [-0.3, -0.25) is 9.36 Å². The van der Waals surface area contributed by atoms with Gasteiger partial charge in [0.05, 0.1) is 38.2 Å². The molecule has 1 atom stereocenters. The van der Waals surface area contributed by atoms with Crippen LogP contribution in [0, 0.1) is 0 Å². The van der Waals surface area contributed by atoms with E-state index in [4.69, 9.17) is 27.7 Å². The predicted octanol–water partition coefficient (Wildman–Crippen LogP) is 5.31. The highest BCUT2D eigenvalue weighted by molar-refractivity contribution is 7.53. The molecule has 1 amide bonds. The van der Waals surface area contributed by atoms with E-state index in [1.54, 1.807) is 32.2 Å². The normalized spacial score (nSPS) is 15.0. The summed E-state index contributed by atoms with van der Waals surface area (Å²) in [6.45, 7) is 5.17. The van der Waals surface area contributed by atoms with Crippen molar-refractivity contribution in [3.8, 4) is 17.1 Å². The fourth-order valence-corrected chi connectivity index (χ4v) is 5.65. The summed E-state index contributed by atoms with van der Waals surface area (Å²) >= 11 is 0. The lowest BCUT2D eigenvalue weighted by Gasteiger charge is -2.19. The fourth-order valence-electron chi connectivity index (χ4n) is 4.34. The van der Waals surface area contributed by atoms with Gasteiger partial charge >= 0.3 is 13.7 Å². The van der Waals surface area contributed by atoms with Crippen LogP contribution in [0.15, 0.2) is 59.5 Å². The average Bonchev–Trinajstić information content (AvgIpc) is 3.66. The third kappa shape index (κ3) is 9.26. The Morgan fingerprint density at radius 2 is 1.80 bits per heavy atom. The van der Waals surface area contributed by atoms with Gasteiger partial charge in [-0.05, 0) is 42.7 Å². The molecule has 2 aromatic carbocycles. The maximum Gasteiger partial charge on any atom is 0.407 e. The smallest absolute Gasteiger partial charge is 0.407 e. The Balaban J connectivity index is 1.38. The zero-order valence-electron chi connectivity index (χ0n) is 23.2. The number of hydrogen-bond acceptors (Lipinski definition) is 10. The molecule has 11 nitrogen and oxygen atoms in total. The van der Waals surface area contributed by atoms with E-state index in [0.717, 1.165) is 11.1 Å². The number of aromatic nitrogens is 1. The number of nitrogens with zero attached hydrogens (tertiary/aromatic N) is 1. The topological polar surface area (TPSA) is 135 Å². The highest BCUT2D eigenvalue weighted by Crippen LogP contribution is 2.48. The highest BCUT2D eigenvalue weighted by Gasteiger charge is 2.26. The molecule has 0 radical (unpaired) electrons. The van der Waals surface area contributed by atoms with Crippen LogP contribution in [0.3, 0.4) is 0 Å². The van der Waals surface area contributed by atoms with Crippen LogP contribution in [0.25, 0.3) is 11.3 Å². The summed E-state index contributed by atoms with van der Waals surface area (Å²) < 4.78 is 45.5. The van der Waals surface area contributed by atoms with Crippen LogP contribution in [0.4, 0.5) is 4.79 Å². The largest absolute Gasteiger partial charge is 0.480 e. The average molecular weight is 587 g/mol. The van der Waals surface area contributed by atoms with E-state index in [-0.39, 0.29) is 50.8 Å². The Labute approximate surface area is 239 Å². The molecule has 2 heterocycles. The molecule has 1 N–H and O–H groups in total. The number of ketones is 1. The van der Waals surface area contributed by atoms with E-state index < -0.39 is 13.7 Å². The van der Waals surface area contributed by atoms with E-state index >= 15 is 0 Å². The first kappa shape index (κ1) is 30.5. The Kier molecular flexibility index (Phi) is 11.1. The van der Waals surface area contributed by atoms with Gasteiger partial charge in [0.2, 0.25) is 0 Å². The first-order valence-electron chi connectivity index (χ1n) is 13.5. The number of oxazole rings is 1. The molecule has 0 unspecified atom stereocenters. The van der Waals surface area contributed by atoms with Crippen molar-refractivity contribution in [2.45, 2.75) is 45.8 Å². The van der Waals surface area contributed by atoms with Crippen LogP contribution in [0.2, 0.25) is 0 Å². The van der Waals surface area contributed by atoms with Gasteiger partial charge in [0.15, 0.2) is 18.5 Å². The number of carbonyl (C=O) groups is 2. The summed E-state index contributed by atoms with van der Waals surface area (Å²) in [6.07, 6.45) is 2.91. The lowest BCUT2D eigenvalue weighted by atomic mass is 10.00. The number of alkyl carbamates (subject to hydrolysis) is 1. The van der Waals surface area contributed by atoms with Crippen LogP contribution in [-0.4, -0.2) is 55.7 Å². The molecule has 0 saturated carbocycles. The van der Waals surface area contributed by atoms with Crippen molar-refractivity contribution in [2.75, 3.05) is 32.8 Å². The number of benzene rings is 2. The Hall–Kier alpha value is -3.50. The molecule has 1 saturated heterocycles. The second-order valence-electron chi connectivity index (χ2n) is 9.37. The van der Waals surface area contributed by atoms with Gasteiger partial charge in [-0.25, -0.2) is 9.78 Å². The Morgan fingerprint density at radius 3 is 2.49 bits per heavy atom. The van der Waals surface area contributed by atoms with E-state index in [9.17, 15) is 14.2 Å². The minimum Gasteiger partial charge on any atom is -0.480 e. The maximum absolute atomic E-state index is 13.0. The lowest BCUT2D eigenvalue weighted by molar-refractivity contribution is -0.117. The third-order valence-electron chi connectivity index (χ3n) is 6.17. The van der Waals surface area contributed by atoms with Gasteiger partial charge < -0.3 is 33.0 Å². The molecule has 220 valence electrons. The molecule has 3 aromatic rings. The van der Waals surface area contributed by atoms with E-state index in [1.807, 2.05) is 30.3 Å². The summed E-state index contributed by atoms with van der Waals surface area (Å²) in [6, 6.07) is 12.8. The standard InChI is InChI=1S/C29H35N2O9P/c1-3-38-41(34,39-4-2)20-37-27-15-22(8-9-26(27)28-17-30-19-36-28)14-24(32)13-21-6-5-7-23(12-21)16-31-29(33)40-25-10-11-35-18-25/h5-9,12,15,17,19,25H,3-4,10-11,13-14,16,18,20H2,1-2H3,(H,31,33)/t25-/m0/s1. The highest BCUT2D eigenvalue weighted by atomic mass is 31.2. The van der Waals surface area contributed by atoms with E-state index in [2.05, 4.69) is 10.3 Å². The number of hydrogen-bond donors (Lipinski definition) is 1. The molecular formula is C29H35N2O9P. The molecule has 1 aromatic heterocycles. The lowest BCUT2D eigenvalue weighted by Crippen LogP contribution is -2.28. The zero-order chi connectivity index (χ0) is 29.1. The molecule has 12 heteroatoms. The summed E-state index contributed by atoms with van der Waals surface area (Å²) in [5, 5.41) is 2.74. The number of Topliss-reactive ketones (excluding diaryl/α,β-unsaturated/α-hetero) is 1. The summed E-state index contributed by atoms with van der Waals surface area (Å²) in [5.74, 6) is 0.825. The van der Waals surface area contributed by atoms with Crippen molar-refractivity contribution in [1.29, 1.82) is 0 Å². The minimum atomic E-state index is -3.47. The number of amides is 1. The van der Waals surface area contributed by atoms with Crippen LogP contribution in [-0.2, 0) is 47.3 Å². The molecule has 0 aliphatic carbocycles. The van der Waals surface area contributed by atoms with Gasteiger partial charge in [-0.1, -0.05) is 30.3 Å². The van der Waals surface area contributed by atoms with Crippen LogP contribution in [0.1, 0.15) is 37.0 Å². The quantitative estimate of drug-likeness (QED) is 0.233. The molecule has 4 rings (SSSR count). The molecule has 1 aliphatic rings. The molecule has 0 spiro atoms. The fraction of sp³-hybridized carbons (Fsp3) is 0.414. The van der Waals surface area contributed by atoms with Crippen LogP contribution in [0.5, 0.6) is 5.75 Å². The summed E-state index contributed by atoms with van der Waals surface area (Å²) in [4.78, 5) is 29.0. The second kappa shape index (κ2) is 14.9. The third-order valence-corrected chi connectivity index (χ3v) is 7.91. The van der Waals surface area contributed by atoms with Gasteiger partial charge in [0.1, 0.15) is 17.6 Å². The van der Waals surface area contributed by atoms with Crippen LogP contribution < -0.4 is 10.1 Å². The van der Waals surface area contributed by atoms with Crippen molar-refractivity contribution in [3.05, 3.63) is 71.7 Å². The van der Waals surface area contributed by atoms with Crippen molar-refractivity contribution in [2.24, 2.45) is 0 Å². The van der Waals surface area contributed by atoms with Crippen molar-refractivity contribution in [1.82, 2.24) is 10.3 Å². The van der Waals surface area contributed by atoms with Crippen LogP contribution >= 0.6 is 7.60 Å². The summed E-state index contributed by atoms with van der Waals surface area (Å²) in [7, 11) is -3.47. The van der Waals surface area contributed by atoms with Gasteiger partial charge in [0.25, 0.3) is 0 Å². The number of rotatable bonds is 15. The molecular weight excluding hydrogens is 551 g/mol. The van der Waals surface area contributed by atoms with Gasteiger partial charge in [-0.15, -0.1) is 0 Å². The zero-order valence-corrected chi connectivity index (χ0v) is 24.1. The minimum absolute atomic E-state index is 0.0107. The summed E-state index contributed by atoms with van der Waals surface area (Å²) in [5.41, 5.74) is 3.00. The number of nitrogens with one attached hydrogen (secondary N) is 1. The molecule has 1 fully saturated rings. The number of ether oxygens (including phenoxy) is 3. The molecule has 1 aliphatic heterocycles. The van der Waals surface area contributed by atoms with E-state index in [1.165, 1.54) is 6.39 Å². The molecule has 41 heavy (non-hydrogen) atoms. The van der Waals surface area contributed by atoms with Crippen molar-refractivity contribution in [3.63, 3.8) is 0 Å². The molecule has 0 bridgehead atoms. The maximum atomic E-state index is 13.0. The van der Waals surface area contributed by atoms with Gasteiger partial charge in [-0.2, -0.15) is 0 Å². The second-order valence-corrected chi connectivity index (χ2v) is 11.4. The van der Waals surface area contributed by atoms with Crippen molar-refractivity contribution < 1.29 is 41.8 Å². The predicted molar refractivity (Wildman–Crippen MR) is 150 cm³/mol. The number of carbonyl (C=O) groups excluding carboxylic acids is 2.